The fourth-order valence-electron chi connectivity index (χ4n) is 1.81. The van der Waals surface area contributed by atoms with Crippen LogP contribution in [-0.2, 0) is 0 Å². The number of hydrogen-bond donors (Lipinski definition) is 1. The Kier molecular flexibility index (Phi) is 5.32. The first-order valence-corrected chi connectivity index (χ1v) is 8.40. The molecule has 0 spiro atoms. The average Bonchev–Trinajstić information content (AvgIpc) is 2.44. The molecule has 0 bridgehead atoms. The van der Waals surface area contributed by atoms with Crippen LogP contribution in [0.25, 0.3) is 11.4 Å². The highest BCUT2D eigenvalue weighted by Gasteiger charge is 2.17. The van der Waals surface area contributed by atoms with Crippen molar-refractivity contribution in [2.75, 3.05) is 7.11 Å². The molecule has 7 heteroatoms. The summed E-state index contributed by atoms with van der Waals surface area (Å²) in [4.78, 5) is 8.91. The van der Waals surface area contributed by atoms with Crippen LogP contribution >= 0.6 is 50.1 Å². The molecule has 0 unspecified atom stereocenters. The minimum Gasteiger partial charge on any atom is -0.503 e. The molecule has 21 heavy (non-hydrogen) atoms. The number of phenols is 1. The van der Waals surface area contributed by atoms with Gasteiger partial charge in [-0.05, 0) is 56.6 Å². The van der Waals surface area contributed by atoms with Gasteiger partial charge in [0.1, 0.15) is 5.15 Å². The molecule has 1 aromatic heterocycles. The van der Waals surface area contributed by atoms with E-state index in [0.29, 0.717) is 21.2 Å². The Balaban J connectivity index is 2.65. The average molecular weight is 484 g/mol. The van der Waals surface area contributed by atoms with Gasteiger partial charge in [0.25, 0.3) is 0 Å². The minimum atomic E-state index is 0.0435. The first-order chi connectivity index (χ1) is 9.85. The van der Waals surface area contributed by atoms with Crippen LogP contribution in [0.3, 0.4) is 0 Å². The second-order valence-corrected chi connectivity index (χ2v) is 6.99. The van der Waals surface area contributed by atoms with Crippen molar-refractivity contribution < 1.29 is 9.84 Å². The molecule has 0 aliphatic heterocycles. The Bertz CT molecular complexity index is 695. The van der Waals surface area contributed by atoms with Gasteiger partial charge in [0.05, 0.1) is 20.8 Å². The predicted molar refractivity (Wildman–Crippen MR) is 95.2 cm³/mol. The van der Waals surface area contributed by atoms with Crippen LogP contribution < -0.4 is 4.74 Å². The van der Waals surface area contributed by atoms with Gasteiger partial charge in [-0.1, -0.05) is 25.4 Å². The van der Waals surface area contributed by atoms with Gasteiger partial charge in [-0.15, -0.1) is 0 Å². The van der Waals surface area contributed by atoms with Crippen LogP contribution in [0.1, 0.15) is 25.5 Å². The van der Waals surface area contributed by atoms with Gasteiger partial charge in [-0.25, -0.2) is 9.97 Å². The number of phenolic OH excluding ortho intramolecular Hbond substituents is 1. The summed E-state index contributed by atoms with van der Waals surface area (Å²) in [7, 11) is 1.49. The number of aromatic nitrogens is 2. The van der Waals surface area contributed by atoms with E-state index in [4.69, 9.17) is 16.3 Å². The van der Waals surface area contributed by atoms with Gasteiger partial charge >= 0.3 is 0 Å². The standard InChI is InChI=1S/C14H13BrClIN2O2/c1-6(2)11-10(17)13(16)19-14(18-11)7-4-8(15)12(20)9(5-7)21-3/h4-6,20H,1-3H3. The Labute approximate surface area is 150 Å². The highest BCUT2D eigenvalue weighted by atomic mass is 127. The van der Waals surface area contributed by atoms with Crippen LogP contribution in [0.5, 0.6) is 11.5 Å². The molecule has 4 nitrogen and oxygen atoms in total. The lowest BCUT2D eigenvalue weighted by Crippen LogP contribution is -2.02. The zero-order valence-electron chi connectivity index (χ0n) is 11.6. The van der Waals surface area contributed by atoms with Crippen molar-refractivity contribution in [1.82, 2.24) is 9.97 Å². The molecule has 1 aromatic carbocycles. The number of rotatable bonds is 3. The number of hydrogen-bond acceptors (Lipinski definition) is 4. The summed E-state index contributed by atoms with van der Waals surface area (Å²) in [5.41, 5.74) is 1.62. The Morgan fingerprint density at radius 3 is 2.57 bits per heavy atom. The number of benzene rings is 1. The molecule has 0 radical (unpaired) electrons. The van der Waals surface area contributed by atoms with Gasteiger partial charge in [-0.2, -0.15) is 0 Å². The molecule has 1 heterocycles. The van der Waals surface area contributed by atoms with E-state index in [1.807, 2.05) is 0 Å². The first kappa shape index (κ1) is 16.8. The molecule has 0 aliphatic rings. The molecular weight excluding hydrogens is 470 g/mol. The maximum atomic E-state index is 9.87. The Hall–Kier alpha value is -0.600. The molecule has 0 saturated heterocycles. The van der Waals surface area contributed by atoms with Crippen LogP contribution in [0.15, 0.2) is 16.6 Å². The van der Waals surface area contributed by atoms with Gasteiger partial charge in [0.15, 0.2) is 17.3 Å². The zero-order chi connectivity index (χ0) is 15.7. The van der Waals surface area contributed by atoms with Crippen LogP contribution in [0.4, 0.5) is 0 Å². The molecule has 0 fully saturated rings. The summed E-state index contributed by atoms with van der Waals surface area (Å²) in [5.74, 6) is 1.13. The van der Waals surface area contributed by atoms with Crippen LogP contribution in [0, 0.1) is 3.57 Å². The fourth-order valence-corrected chi connectivity index (χ4v) is 3.29. The fraction of sp³-hybridized carbons (Fsp3) is 0.286. The van der Waals surface area contributed by atoms with Gasteiger partial charge in [0, 0.05) is 5.56 Å². The molecule has 0 amide bonds. The van der Waals surface area contributed by atoms with E-state index in [9.17, 15) is 5.11 Å². The maximum Gasteiger partial charge on any atom is 0.172 e. The third-order valence-corrected chi connectivity index (χ3v) is 5.15. The summed E-state index contributed by atoms with van der Waals surface area (Å²) in [6.45, 7) is 4.11. The van der Waals surface area contributed by atoms with E-state index in [-0.39, 0.29) is 11.7 Å². The lowest BCUT2D eigenvalue weighted by molar-refractivity contribution is 0.372. The van der Waals surface area contributed by atoms with Crippen molar-refractivity contribution in [2.45, 2.75) is 19.8 Å². The van der Waals surface area contributed by atoms with Crippen molar-refractivity contribution in [2.24, 2.45) is 0 Å². The Morgan fingerprint density at radius 2 is 2.00 bits per heavy atom. The monoisotopic (exact) mass is 482 g/mol. The lowest BCUT2D eigenvalue weighted by atomic mass is 10.1. The first-order valence-electron chi connectivity index (χ1n) is 6.15. The SMILES string of the molecule is COc1cc(-c2nc(Cl)c(I)c(C(C)C)n2)cc(Br)c1O. The normalized spacial score (nSPS) is 11.0. The van der Waals surface area contributed by atoms with E-state index < -0.39 is 0 Å². The van der Waals surface area contributed by atoms with E-state index >= 15 is 0 Å². The molecule has 1 N–H and O–H groups in total. The summed E-state index contributed by atoms with van der Waals surface area (Å²) < 4.78 is 6.52. The molecule has 0 saturated carbocycles. The van der Waals surface area contributed by atoms with Gasteiger partial charge in [0.2, 0.25) is 0 Å². The number of halogens is 3. The quantitative estimate of drug-likeness (QED) is 0.493. The van der Waals surface area contributed by atoms with Gasteiger partial charge < -0.3 is 9.84 Å². The van der Waals surface area contributed by atoms with Crippen molar-refractivity contribution in [1.29, 1.82) is 0 Å². The predicted octanol–water partition coefficient (Wildman–Crippen LogP) is 5.00. The molecule has 112 valence electrons. The maximum absolute atomic E-state index is 9.87. The summed E-state index contributed by atoms with van der Waals surface area (Å²) >= 11 is 11.7. The number of nitrogens with zero attached hydrogens (tertiary/aromatic N) is 2. The topological polar surface area (TPSA) is 55.2 Å². The molecule has 2 aromatic rings. The van der Waals surface area contributed by atoms with Crippen molar-refractivity contribution >= 4 is 50.1 Å². The van der Waals surface area contributed by atoms with Crippen molar-refractivity contribution in [3.8, 4) is 22.9 Å². The number of methoxy groups -OCH3 is 1. The molecule has 0 aliphatic carbocycles. The van der Waals surface area contributed by atoms with E-state index in [1.165, 1.54) is 7.11 Å². The van der Waals surface area contributed by atoms with Crippen LogP contribution in [-0.4, -0.2) is 22.2 Å². The van der Waals surface area contributed by atoms with Crippen LogP contribution in [0.2, 0.25) is 5.15 Å². The lowest BCUT2D eigenvalue weighted by Gasteiger charge is -2.12. The van der Waals surface area contributed by atoms with Gasteiger partial charge in [-0.3, -0.25) is 0 Å². The number of aromatic hydroxyl groups is 1. The molecular formula is C14H13BrClIN2O2. The third kappa shape index (κ3) is 3.43. The van der Waals surface area contributed by atoms with Crippen molar-refractivity contribution in [3.63, 3.8) is 0 Å². The summed E-state index contributed by atoms with van der Waals surface area (Å²) in [5, 5.41) is 10.3. The van der Waals surface area contributed by atoms with Crippen molar-refractivity contribution in [3.05, 3.63) is 31.0 Å². The zero-order valence-corrected chi connectivity index (χ0v) is 16.1. The Morgan fingerprint density at radius 1 is 1.33 bits per heavy atom. The largest absolute Gasteiger partial charge is 0.503 e. The third-order valence-electron chi connectivity index (χ3n) is 2.89. The molecule has 0 atom stereocenters. The molecule has 2 rings (SSSR count). The van der Waals surface area contributed by atoms with E-state index in [2.05, 4.69) is 62.3 Å². The second-order valence-electron chi connectivity index (χ2n) is 4.70. The summed E-state index contributed by atoms with van der Waals surface area (Å²) in [6, 6.07) is 3.42. The summed E-state index contributed by atoms with van der Waals surface area (Å²) in [6.07, 6.45) is 0. The second kappa shape index (κ2) is 6.66. The smallest absolute Gasteiger partial charge is 0.172 e. The highest BCUT2D eigenvalue weighted by Crippen LogP contribution is 2.38. The van der Waals surface area contributed by atoms with E-state index in [1.54, 1.807) is 12.1 Å². The van der Waals surface area contributed by atoms with E-state index in [0.717, 1.165) is 14.8 Å². The number of ether oxygens (including phenoxy) is 1. The minimum absolute atomic E-state index is 0.0435. The highest BCUT2D eigenvalue weighted by molar-refractivity contribution is 14.1.